The highest BCUT2D eigenvalue weighted by Gasteiger charge is 2.66. The molecule has 12 nitrogen and oxygen atoms in total. The van der Waals surface area contributed by atoms with E-state index in [0.29, 0.717) is 29.4 Å². The Bertz CT molecular complexity index is 2380. The van der Waals surface area contributed by atoms with Gasteiger partial charge in [0, 0.05) is 41.9 Å². The number of β-lactam (4-membered cyclic amide) rings is 1. The molecule has 59 heavy (non-hydrogen) atoms. The number of anilines is 2. The van der Waals surface area contributed by atoms with E-state index in [1.807, 2.05) is 79.0 Å². The minimum atomic E-state index is -2.44. The summed E-state index contributed by atoms with van der Waals surface area (Å²) in [6.07, 6.45) is 1.54. The second kappa shape index (κ2) is 16.0. The standard InChI is InChI=1S/C45H48ClN5O7Si/c1-28-43(59(4,5)35-17-15-34(56-3)16-18-35)40(20-21-49-26-38(47-48-49)36(27-52)31-11-7-6-8-12-31)58-45(28)37-23-32(46)14-19-39(37)50(44(45)55)25-30-10-9-13-33(22-30)51-41(54)24-42(51)57-29(2)53/h6-19,22-23,26,28,36,40,42-43,52H,20-21,24-25,27H2,1-5H3/t28-,36?,40+,42?,43-,45+/m1/s1. The monoisotopic (exact) mass is 833 g/mol. The summed E-state index contributed by atoms with van der Waals surface area (Å²) >= 11 is 6.74. The number of carbonyl (C=O) groups is 3. The predicted molar refractivity (Wildman–Crippen MR) is 226 cm³/mol. The number of carbonyl (C=O) groups excluding carboxylic acids is 3. The van der Waals surface area contributed by atoms with Crippen LogP contribution >= 0.6 is 11.6 Å². The third-order valence-electron chi connectivity index (χ3n) is 12.5. The summed E-state index contributed by atoms with van der Waals surface area (Å²) in [5, 5.41) is 21.0. The summed E-state index contributed by atoms with van der Waals surface area (Å²) in [5.74, 6) is -0.578. The normalized spacial score (nSPS) is 23.0. The number of rotatable bonds is 13. The van der Waals surface area contributed by atoms with E-state index in [0.717, 1.165) is 28.1 Å². The van der Waals surface area contributed by atoms with Crippen LogP contribution in [0.3, 0.4) is 0 Å². The molecule has 5 aromatic rings. The zero-order chi connectivity index (χ0) is 41.6. The zero-order valence-electron chi connectivity index (χ0n) is 33.7. The van der Waals surface area contributed by atoms with Crippen molar-refractivity contribution in [1.29, 1.82) is 0 Å². The van der Waals surface area contributed by atoms with E-state index in [-0.39, 0.29) is 54.9 Å². The lowest BCUT2D eigenvalue weighted by molar-refractivity contribution is -0.154. The number of aryl methyl sites for hydroxylation is 1. The Labute approximate surface area is 349 Å². The van der Waals surface area contributed by atoms with E-state index >= 15 is 4.79 Å². The molecule has 0 saturated carbocycles. The number of nitrogens with zero attached hydrogens (tertiary/aromatic N) is 5. The number of benzene rings is 4. The number of hydrogen-bond donors (Lipinski definition) is 1. The van der Waals surface area contributed by atoms with Gasteiger partial charge in [-0.25, -0.2) is 0 Å². The maximum Gasteiger partial charge on any atom is 0.304 e. The van der Waals surface area contributed by atoms with Crippen molar-refractivity contribution in [3.05, 3.63) is 131 Å². The molecule has 0 radical (unpaired) electrons. The summed E-state index contributed by atoms with van der Waals surface area (Å²) < 4.78 is 20.0. The molecule has 14 heteroatoms. The van der Waals surface area contributed by atoms with Crippen LogP contribution in [-0.4, -0.2) is 72.0 Å². The van der Waals surface area contributed by atoms with Gasteiger partial charge in [-0.05, 0) is 65.6 Å². The van der Waals surface area contributed by atoms with Gasteiger partial charge in [0.1, 0.15) is 5.75 Å². The molecule has 0 aliphatic carbocycles. The third kappa shape index (κ3) is 7.24. The van der Waals surface area contributed by atoms with Crippen molar-refractivity contribution in [3.63, 3.8) is 0 Å². The van der Waals surface area contributed by atoms with Gasteiger partial charge in [-0.15, -0.1) is 5.10 Å². The van der Waals surface area contributed by atoms with Crippen molar-refractivity contribution < 1.29 is 33.7 Å². The molecule has 3 aliphatic rings. The van der Waals surface area contributed by atoms with Crippen LogP contribution in [0.5, 0.6) is 5.75 Å². The smallest absolute Gasteiger partial charge is 0.304 e. The van der Waals surface area contributed by atoms with Gasteiger partial charge in [0.25, 0.3) is 5.91 Å². The molecule has 4 heterocycles. The van der Waals surface area contributed by atoms with Gasteiger partial charge in [0.15, 0.2) is 11.8 Å². The number of amides is 2. The number of fused-ring (bicyclic) bond motifs is 2. The first-order valence-corrected chi connectivity index (χ1v) is 23.4. The van der Waals surface area contributed by atoms with E-state index in [1.54, 1.807) is 28.8 Å². The molecule has 6 atom stereocenters. The van der Waals surface area contributed by atoms with Gasteiger partial charge >= 0.3 is 5.97 Å². The second-order valence-corrected chi connectivity index (χ2v) is 21.4. The number of halogens is 1. The molecular weight excluding hydrogens is 786 g/mol. The first kappa shape index (κ1) is 40.4. The highest BCUT2D eigenvalue weighted by molar-refractivity contribution is 6.91. The van der Waals surface area contributed by atoms with Gasteiger partial charge in [0.2, 0.25) is 5.91 Å². The second-order valence-electron chi connectivity index (χ2n) is 16.3. The van der Waals surface area contributed by atoms with Crippen LogP contribution in [0.1, 0.15) is 55.0 Å². The van der Waals surface area contributed by atoms with E-state index in [9.17, 15) is 14.7 Å². The van der Waals surface area contributed by atoms with Gasteiger partial charge < -0.3 is 24.2 Å². The molecule has 0 bridgehead atoms. The number of aliphatic hydroxyl groups excluding tert-OH is 1. The third-order valence-corrected chi connectivity index (χ3v) is 17.1. The Morgan fingerprint density at radius 3 is 2.49 bits per heavy atom. The Kier molecular flexibility index (Phi) is 11.0. The van der Waals surface area contributed by atoms with Crippen LogP contribution in [0.4, 0.5) is 11.4 Å². The van der Waals surface area contributed by atoms with Crippen LogP contribution in [0, 0.1) is 5.92 Å². The lowest BCUT2D eigenvalue weighted by Gasteiger charge is -2.39. The van der Waals surface area contributed by atoms with Crippen molar-refractivity contribution in [1.82, 2.24) is 15.0 Å². The molecular formula is C45H48ClN5O7Si. The quantitative estimate of drug-likeness (QED) is 0.0797. The number of esters is 1. The van der Waals surface area contributed by atoms with Gasteiger partial charge in [0.05, 0.1) is 58.2 Å². The molecule has 306 valence electrons. The van der Waals surface area contributed by atoms with E-state index in [1.165, 1.54) is 17.0 Å². The molecule has 4 aromatic carbocycles. The first-order valence-electron chi connectivity index (χ1n) is 19.9. The fourth-order valence-corrected chi connectivity index (χ4v) is 13.8. The topological polar surface area (TPSA) is 136 Å². The largest absolute Gasteiger partial charge is 0.497 e. The summed E-state index contributed by atoms with van der Waals surface area (Å²) in [6.45, 7) is 8.73. The van der Waals surface area contributed by atoms with Gasteiger partial charge in [-0.3, -0.25) is 24.0 Å². The van der Waals surface area contributed by atoms with Crippen molar-refractivity contribution in [2.45, 2.75) is 82.3 Å². The number of methoxy groups -OCH3 is 1. The summed E-state index contributed by atoms with van der Waals surface area (Å²) in [5.41, 5.74) is 3.10. The fraction of sp³-hybridized carbons (Fsp3) is 0.356. The maximum absolute atomic E-state index is 15.4. The molecule has 1 spiro atoms. The van der Waals surface area contributed by atoms with E-state index < -0.39 is 25.9 Å². The van der Waals surface area contributed by atoms with Crippen LogP contribution < -0.4 is 19.7 Å². The van der Waals surface area contributed by atoms with Gasteiger partial charge in [-0.2, -0.15) is 0 Å². The average Bonchev–Trinajstić information content (AvgIpc) is 3.87. The molecule has 2 unspecified atom stereocenters. The SMILES string of the molecule is COc1ccc([Si](C)(C)[C@H]2[C@H](CCn3cc(C(CO)c4ccccc4)nn3)O[C@@]3(C(=O)N(Cc4cccc(N5C(=O)CC5OC(C)=O)c4)c4ccc(Cl)cc43)[C@@H]2C)cc1. The zero-order valence-corrected chi connectivity index (χ0v) is 35.5. The van der Waals surface area contributed by atoms with E-state index in [2.05, 4.69) is 42.5 Å². The van der Waals surface area contributed by atoms with Crippen molar-refractivity contribution in [3.8, 4) is 5.75 Å². The highest BCUT2D eigenvalue weighted by Crippen LogP contribution is 2.60. The van der Waals surface area contributed by atoms with Crippen LogP contribution in [0.15, 0.2) is 103 Å². The lowest BCUT2D eigenvalue weighted by atomic mass is 9.82. The predicted octanol–water partition coefficient (Wildman–Crippen LogP) is 6.54. The molecule has 3 aliphatic heterocycles. The van der Waals surface area contributed by atoms with Crippen LogP contribution in [-0.2, 0) is 42.5 Å². The van der Waals surface area contributed by atoms with Crippen LogP contribution in [0.2, 0.25) is 23.7 Å². The maximum atomic E-state index is 15.4. The Hall–Kier alpha value is -5.34. The minimum absolute atomic E-state index is 0.0249. The van der Waals surface area contributed by atoms with Crippen molar-refractivity contribution in [2.75, 3.05) is 23.5 Å². The highest BCUT2D eigenvalue weighted by atomic mass is 35.5. The number of aliphatic hydroxyl groups is 1. The molecule has 2 fully saturated rings. The average molecular weight is 834 g/mol. The summed E-state index contributed by atoms with van der Waals surface area (Å²) in [7, 11) is -0.786. The fourth-order valence-electron chi connectivity index (χ4n) is 9.58. The Morgan fingerprint density at radius 2 is 1.80 bits per heavy atom. The van der Waals surface area contributed by atoms with E-state index in [4.69, 9.17) is 25.8 Å². The molecule has 2 amide bonds. The number of hydrogen-bond acceptors (Lipinski definition) is 9. The Balaban J connectivity index is 1.13. The summed E-state index contributed by atoms with van der Waals surface area (Å²) in [6, 6.07) is 31.0. The van der Waals surface area contributed by atoms with Gasteiger partial charge in [-0.1, -0.05) is 96.6 Å². The Morgan fingerprint density at radius 1 is 1.03 bits per heavy atom. The van der Waals surface area contributed by atoms with Crippen molar-refractivity contribution >= 4 is 54.0 Å². The first-order chi connectivity index (χ1) is 28.3. The molecule has 1 N–H and O–H groups in total. The molecule has 2 saturated heterocycles. The molecule has 1 aromatic heterocycles. The molecule has 8 rings (SSSR count). The van der Waals surface area contributed by atoms with Crippen LogP contribution in [0.25, 0.3) is 0 Å². The number of aromatic nitrogens is 3. The van der Waals surface area contributed by atoms with Crippen molar-refractivity contribution in [2.24, 2.45) is 5.92 Å². The summed E-state index contributed by atoms with van der Waals surface area (Å²) in [4.78, 5) is 43.0. The minimum Gasteiger partial charge on any atom is -0.497 e. The number of ether oxygens (including phenoxy) is 3. The lowest BCUT2D eigenvalue weighted by Crippen LogP contribution is -2.54.